The number of rotatable bonds is 5. The third kappa shape index (κ3) is 5.16. The Morgan fingerprint density at radius 3 is 2.14 bits per heavy atom. The Morgan fingerprint density at radius 2 is 1.71 bits per heavy atom. The maximum absolute atomic E-state index is 12.0. The summed E-state index contributed by atoms with van der Waals surface area (Å²) in [5.41, 5.74) is 0. The van der Waals surface area contributed by atoms with Crippen LogP contribution in [0, 0.1) is 0 Å². The number of aliphatic carboxylic acids is 1. The van der Waals surface area contributed by atoms with Crippen LogP contribution in [-0.4, -0.2) is 85.6 Å². The average molecular weight is 321 g/mol. The van der Waals surface area contributed by atoms with E-state index in [1.54, 1.807) is 23.6 Å². The molecule has 9 heteroatoms. The van der Waals surface area contributed by atoms with E-state index in [0.717, 1.165) is 6.26 Å². The number of amides is 2. The van der Waals surface area contributed by atoms with Gasteiger partial charge in [-0.1, -0.05) is 0 Å². The predicted molar refractivity (Wildman–Crippen MR) is 78.0 cm³/mol. The topological polar surface area (TPSA) is 107 Å². The number of hydrogen-bond acceptors (Lipinski definition) is 5. The van der Waals surface area contributed by atoms with E-state index < -0.39 is 20.6 Å². The molecule has 0 aromatic rings. The van der Waals surface area contributed by atoms with Crippen molar-refractivity contribution in [1.29, 1.82) is 0 Å². The summed E-state index contributed by atoms with van der Waals surface area (Å²) in [4.78, 5) is 25.9. The zero-order valence-electron chi connectivity index (χ0n) is 12.6. The number of carbonyl (C=O) groups is 2. The Morgan fingerprint density at radius 1 is 1.19 bits per heavy atom. The molecule has 1 aliphatic heterocycles. The molecule has 122 valence electrons. The number of sulfone groups is 1. The largest absolute Gasteiger partial charge is 0.480 e. The fraction of sp³-hybridized carbons (Fsp3) is 0.833. The second-order valence-electron chi connectivity index (χ2n) is 5.85. The van der Waals surface area contributed by atoms with Gasteiger partial charge in [0, 0.05) is 39.0 Å². The molecule has 0 spiro atoms. The lowest BCUT2D eigenvalue weighted by molar-refractivity contribution is -0.138. The molecule has 2 amide bonds. The fourth-order valence-electron chi connectivity index (χ4n) is 1.83. The third-order valence-electron chi connectivity index (χ3n) is 3.69. The SMILES string of the molecule is CC(C)(CNC(=O)N1CCN(CC(=O)O)CC1)S(C)(=O)=O. The Labute approximate surface area is 125 Å². The van der Waals surface area contributed by atoms with Crippen molar-refractivity contribution in [3.05, 3.63) is 0 Å². The second-order valence-corrected chi connectivity index (χ2v) is 8.50. The first-order valence-electron chi connectivity index (χ1n) is 6.69. The van der Waals surface area contributed by atoms with Crippen molar-refractivity contribution in [1.82, 2.24) is 15.1 Å². The van der Waals surface area contributed by atoms with Gasteiger partial charge in [-0.25, -0.2) is 13.2 Å². The molecule has 1 saturated heterocycles. The van der Waals surface area contributed by atoms with Gasteiger partial charge in [0.25, 0.3) is 0 Å². The summed E-state index contributed by atoms with van der Waals surface area (Å²) < 4.78 is 22.1. The lowest BCUT2D eigenvalue weighted by atomic mass is 10.2. The van der Waals surface area contributed by atoms with Gasteiger partial charge in [0.15, 0.2) is 9.84 Å². The lowest BCUT2D eigenvalue weighted by Crippen LogP contribution is -2.54. The Balaban J connectivity index is 2.43. The highest BCUT2D eigenvalue weighted by Gasteiger charge is 2.31. The van der Waals surface area contributed by atoms with Crippen LogP contribution in [0.2, 0.25) is 0 Å². The van der Waals surface area contributed by atoms with E-state index in [4.69, 9.17) is 5.11 Å². The molecular weight excluding hydrogens is 298 g/mol. The number of piperazine rings is 1. The molecule has 1 aliphatic rings. The molecule has 0 aliphatic carbocycles. The number of nitrogens with zero attached hydrogens (tertiary/aromatic N) is 2. The molecule has 0 radical (unpaired) electrons. The molecule has 1 fully saturated rings. The van der Waals surface area contributed by atoms with E-state index in [9.17, 15) is 18.0 Å². The average Bonchev–Trinajstić information content (AvgIpc) is 2.35. The predicted octanol–water partition coefficient (Wildman–Crippen LogP) is -0.779. The summed E-state index contributed by atoms with van der Waals surface area (Å²) in [6.45, 7) is 4.98. The minimum atomic E-state index is -3.26. The molecule has 2 N–H and O–H groups in total. The Hall–Kier alpha value is -1.35. The molecular formula is C12H23N3O5S. The summed E-state index contributed by atoms with van der Waals surface area (Å²) in [5, 5.41) is 11.3. The van der Waals surface area contributed by atoms with Crippen molar-refractivity contribution in [3.8, 4) is 0 Å². The molecule has 0 saturated carbocycles. The molecule has 0 aromatic carbocycles. The van der Waals surface area contributed by atoms with Crippen LogP contribution in [-0.2, 0) is 14.6 Å². The zero-order chi connectivity index (χ0) is 16.3. The summed E-state index contributed by atoms with van der Waals surface area (Å²) in [6.07, 6.45) is 1.14. The molecule has 0 unspecified atom stereocenters. The van der Waals surface area contributed by atoms with Crippen LogP contribution in [0.15, 0.2) is 0 Å². The molecule has 0 atom stereocenters. The highest BCUT2D eigenvalue weighted by Crippen LogP contribution is 2.13. The van der Waals surface area contributed by atoms with Gasteiger partial charge in [-0.3, -0.25) is 9.69 Å². The van der Waals surface area contributed by atoms with Crippen molar-refractivity contribution in [3.63, 3.8) is 0 Å². The number of urea groups is 1. The number of nitrogens with one attached hydrogen (secondary N) is 1. The van der Waals surface area contributed by atoms with E-state index >= 15 is 0 Å². The van der Waals surface area contributed by atoms with Crippen molar-refractivity contribution in [2.45, 2.75) is 18.6 Å². The van der Waals surface area contributed by atoms with Crippen LogP contribution in [0.1, 0.15) is 13.8 Å². The highest BCUT2D eigenvalue weighted by molar-refractivity contribution is 7.92. The molecule has 1 heterocycles. The van der Waals surface area contributed by atoms with Crippen LogP contribution in [0.3, 0.4) is 0 Å². The molecule has 0 bridgehead atoms. The Bertz CT molecular complexity index is 495. The number of carboxylic acids is 1. The van der Waals surface area contributed by atoms with Gasteiger partial charge in [-0.05, 0) is 13.8 Å². The van der Waals surface area contributed by atoms with Crippen LogP contribution in [0.5, 0.6) is 0 Å². The normalized spacial score (nSPS) is 17.6. The minimum Gasteiger partial charge on any atom is -0.480 e. The van der Waals surface area contributed by atoms with E-state index in [1.807, 2.05) is 0 Å². The smallest absolute Gasteiger partial charge is 0.317 e. The van der Waals surface area contributed by atoms with Crippen LogP contribution in [0.25, 0.3) is 0 Å². The number of carboxylic acid groups (broad SMARTS) is 1. The van der Waals surface area contributed by atoms with E-state index in [1.165, 1.54) is 0 Å². The maximum Gasteiger partial charge on any atom is 0.317 e. The van der Waals surface area contributed by atoms with Gasteiger partial charge in [0.2, 0.25) is 0 Å². The first kappa shape index (κ1) is 17.7. The molecule has 1 rings (SSSR count). The first-order valence-corrected chi connectivity index (χ1v) is 8.58. The third-order valence-corrected chi connectivity index (χ3v) is 5.84. The number of carbonyl (C=O) groups excluding carboxylic acids is 1. The van der Waals surface area contributed by atoms with Crippen molar-refractivity contribution >= 4 is 21.8 Å². The molecule has 8 nitrogen and oxygen atoms in total. The quantitative estimate of drug-likeness (QED) is 0.688. The van der Waals surface area contributed by atoms with Gasteiger partial charge in [0.1, 0.15) is 0 Å². The summed E-state index contributed by atoms with van der Waals surface area (Å²) >= 11 is 0. The first-order chi connectivity index (χ1) is 9.53. The maximum atomic E-state index is 12.0. The van der Waals surface area contributed by atoms with Gasteiger partial charge in [-0.2, -0.15) is 0 Å². The van der Waals surface area contributed by atoms with Crippen molar-refractivity contribution in [2.24, 2.45) is 0 Å². The summed E-state index contributed by atoms with van der Waals surface area (Å²) in [6, 6.07) is -0.318. The minimum absolute atomic E-state index is 0.0312. The van der Waals surface area contributed by atoms with E-state index in [2.05, 4.69) is 5.32 Å². The van der Waals surface area contributed by atoms with Crippen LogP contribution >= 0.6 is 0 Å². The second kappa shape index (κ2) is 6.61. The van der Waals surface area contributed by atoms with Gasteiger partial charge >= 0.3 is 12.0 Å². The van der Waals surface area contributed by atoms with Crippen LogP contribution < -0.4 is 5.32 Å². The van der Waals surface area contributed by atoms with Gasteiger partial charge in [0.05, 0.1) is 11.3 Å². The molecule has 21 heavy (non-hydrogen) atoms. The lowest BCUT2D eigenvalue weighted by Gasteiger charge is -2.34. The van der Waals surface area contributed by atoms with E-state index in [0.29, 0.717) is 26.2 Å². The standard InChI is InChI=1S/C12H23N3O5S/c1-12(2,21(3,19)20)9-13-11(18)15-6-4-14(5-7-15)8-10(16)17/h4-9H2,1-3H3,(H,13,18)(H,16,17). The van der Waals surface area contributed by atoms with E-state index in [-0.39, 0.29) is 19.1 Å². The fourth-order valence-corrected chi connectivity index (χ4v) is 2.17. The summed E-state index contributed by atoms with van der Waals surface area (Å²) in [5.74, 6) is -0.886. The van der Waals surface area contributed by atoms with Gasteiger partial charge < -0.3 is 15.3 Å². The Kier molecular flexibility index (Phi) is 5.57. The molecule has 0 aromatic heterocycles. The zero-order valence-corrected chi connectivity index (χ0v) is 13.4. The van der Waals surface area contributed by atoms with Crippen molar-refractivity contribution < 1.29 is 23.1 Å². The summed E-state index contributed by atoms with van der Waals surface area (Å²) in [7, 11) is -3.26. The van der Waals surface area contributed by atoms with Gasteiger partial charge in [-0.15, -0.1) is 0 Å². The highest BCUT2D eigenvalue weighted by atomic mass is 32.2. The van der Waals surface area contributed by atoms with Crippen molar-refractivity contribution in [2.75, 3.05) is 45.5 Å². The van der Waals surface area contributed by atoms with Crippen LogP contribution in [0.4, 0.5) is 4.79 Å². The number of hydrogen-bond donors (Lipinski definition) is 2. The monoisotopic (exact) mass is 321 g/mol.